The third-order valence-electron chi connectivity index (χ3n) is 4.51. The van der Waals surface area contributed by atoms with Crippen molar-refractivity contribution in [2.45, 2.75) is 25.3 Å². The molecule has 2 atom stereocenters. The van der Waals surface area contributed by atoms with Crippen LogP contribution >= 0.6 is 15.9 Å². The topological polar surface area (TPSA) is 92.5 Å². The van der Waals surface area contributed by atoms with Gasteiger partial charge in [-0.2, -0.15) is 0 Å². The lowest BCUT2D eigenvalue weighted by atomic mass is 10.0. The normalized spacial score (nSPS) is 21.6. The maximum Gasteiger partial charge on any atom is 0.244 e. The number of nitrogens with two attached hydrogens (primary N) is 1. The Labute approximate surface area is 148 Å². The number of nitrogens with one attached hydrogen (secondary N) is 1. The van der Waals surface area contributed by atoms with Crippen LogP contribution in [0.2, 0.25) is 0 Å². The van der Waals surface area contributed by atoms with Gasteiger partial charge >= 0.3 is 0 Å². The second-order valence-electron chi connectivity index (χ2n) is 6.54. The van der Waals surface area contributed by atoms with E-state index >= 15 is 0 Å². The van der Waals surface area contributed by atoms with E-state index in [0.717, 1.165) is 23.9 Å². The van der Waals surface area contributed by atoms with Gasteiger partial charge in [0.1, 0.15) is 6.04 Å². The number of amides is 3. The number of hydrogen-bond acceptors (Lipinski definition) is 3. The number of halogens is 1. The number of likely N-dealkylation sites (tertiary alicyclic amines) is 1. The van der Waals surface area contributed by atoms with Gasteiger partial charge in [-0.05, 0) is 36.5 Å². The Balaban J connectivity index is 1.65. The number of benzene rings is 1. The lowest BCUT2D eigenvalue weighted by molar-refractivity contribution is -0.130. The first-order chi connectivity index (χ1) is 11.4. The van der Waals surface area contributed by atoms with Crippen LogP contribution in [-0.4, -0.2) is 35.7 Å². The molecule has 3 rings (SSSR count). The molecule has 2 fully saturated rings. The van der Waals surface area contributed by atoms with Crippen molar-refractivity contribution in [2.75, 3.05) is 13.1 Å². The predicted molar refractivity (Wildman–Crippen MR) is 91.6 cm³/mol. The van der Waals surface area contributed by atoms with Crippen LogP contribution in [0.3, 0.4) is 0 Å². The predicted octanol–water partition coefficient (Wildman–Crippen LogP) is 1.35. The van der Waals surface area contributed by atoms with Gasteiger partial charge in [-0.15, -0.1) is 0 Å². The van der Waals surface area contributed by atoms with Crippen molar-refractivity contribution in [1.82, 2.24) is 10.2 Å². The number of primary amides is 1. The van der Waals surface area contributed by atoms with Crippen LogP contribution in [0, 0.1) is 11.8 Å². The molecule has 1 aliphatic carbocycles. The van der Waals surface area contributed by atoms with Gasteiger partial charge in [-0.25, -0.2) is 0 Å². The molecule has 128 valence electrons. The molecule has 1 aliphatic heterocycles. The highest BCUT2D eigenvalue weighted by atomic mass is 79.9. The summed E-state index contributed by atoms with van der Waals surface area (Å²) in [5.74, 6) is -0.743. The van der Waals surface area contributed by atoms with E-state index in [2.05, 4.69) is 21.2 Å². The molecule has 1 aromatic rings. The minimum absolute atomic E-state index is 0.0140. The Morgan fingerprint density at radius 2 is 2.12 bits per heavy atom. The zero-order valence-electron chi connectivity index (χ0n) is 13.2. The molecule has 1 saturated heterocycles. The molecule has 7 heteroatoms. The molecule has 1 aromatic carbocycles. The molecule has 1 saturated carbocycles. The van der Waals surface area contributed by atoms with Crippen molar-refractivity contribution in [3.8, 4) is 0 Å². The summed E-state index contributed by atoms with van der Waals surface area (Å²) in [6.07, 6.45) is 2.52. The summed E-state index contributed by atoms with van der Waals surface area (Å²) < 4.78 is 0.798. The van der Waals surface area contributed by atoms with Crippen molar-refractivity contribution in [2.24, 2.45) is 17.6 Å². The summed E-state index contributed by atoms with van der Waals surface area (Å²) in [5, 5.41) is 2.70. The average Bonchev–Trinajstić information content (AvgIpc) is 3.27. The van der Waals surface area contributed by atoms with Crippen LogP contribution in [0.15, 0.2) is 28.7 Å². The van der Waals surface area contributed by atoms with E-state index in [1.54, 1.807) is 23.1 Å². The van der Waals surface area contributed by atoms with Crippen LogP contribution < -0.4 is 11.1 Å². The molecule has 2 aliphatic rings. The summed E-state index contributed by atoms with van der Waals surface area (Å²) in [4.78, 5) is 38.1. The summed E-state index contributed by atoms with van der Waals surface area (Å²) in [6.45, 7) is 1.17. The van der Waals surface area contributed by atoms with Gasteiger partial charge in [0.2, 0.25) is 17.7 Å². The average molecular weight is 394 g/mol. The molecular weight excluding hydrogens is 374 g/mol. The van der Waals surface area contributed by atoms with E-state index in [1.165, 1.54) is 0 Å². The van der Waals surface area contributed by atoms with Crippen molar-refractivity contribution >= 4 is 33.7 Å². The maximum atomic E-state index is 12.5. The van der Waals surface area contributed by atoms with Crippen LogP contribution in [0.5, 0.6) is 0 Å². The molecule has 0 spiro atoms. The van der Waals surface area contributed by atoms with E-state index in [-0.39, 0.29) is 18.2 Å². The number of hydrogen-bond donors (Lipinski definition) is 2. The molecule has 0 unspecified atom stereocenters. The lowest BCUT2D eigenvalue weighted by Crippen LogP contribution is -2.41. The first-order valence-corrected chi connectivity index (χ1v) is 8.86. The Hall–Kier alpha value is -1.89. The molecule has 6 nitrogen and oxygen atoms in total. The summed E-state index contributed by atoms with van der Waals surface area (Å²) >= 11 is 3.34. The first kappa shape index (κ1) is 17.0. The van der Waals surface area contributed by atoms with Gasteiger partial charge in [0, 0.05) is 24.0 Å². The summed E-state index contributed by atoms with van der Waals surface area (Å²) in [7, 11) is 0. The largest absolute Gasteiger partial charge is 0.368 e. The van der Waals surface area contributed by atoms with Gasteiger partial charge in [0.05, 0.1) is 5.92 Å². The Bertz CT molecular complexity index is 675. The maximum absolute atomic E-state index is 12.5. The fourth-order valence-electron chi connectivity index (χ4n) is 3.00. The van der Waals surface area contributed by atoms with Gasteiger partial charge in [0.25, 0.3) is 0 Å². The second kappa shape index (κ2) is 6.93. The molecule has 1 heterocycles. The third kappa shape index (κ3) is 3.95. The number of rotatable bonds is 6. The molecule has 0 aromatic heterocycles. The minimum atomic E-state index is -0.900. The van der Waals surface area contributed by atoms with Gasteiger partial charge in [-0.1, -0.05) is 28.1 Å². The number of carbonyl (C=O) groups is 3. The van der Waals surface area contributed by atoms with Crippen molar-refractivity contribution < 1.29 is 14.4 Å². The molecule has 0 bridgehead atoms. The van der Waals surface area contributed by atoms with Crippen molar-refractivity contribution in [3.05, 3.63) is 34.3 Å². The van der Waals surface area contributed by atoms with E-state index in [4.69, 9.17) is 5.73 Å². The Morgan fingerprint density at radius 1 is 1.38 bits per heavy atom. The van der Waals surface area contributed by atoms with Crippen LogP contribution in [0.4, 0.5) is 0 Å². The fraction of sp³-hybridized carbons (Fsp3) is 0.471. The van der Waals surface area contributed by atoms with Crippen molar-refractivity contribution in [3.63, 3.8) is 0 Å². The molecule has 24 heavy (non-hydrogen) atoms. The van der Waals surface area contributed by atoms with Gasteiger partial charge in [0.15, 0.2) is 0 Å². The van der Waals surface area contributed by atoms with E-state index in [0.29, 0.717) is 18.0 Å². The highest BCUT2D eigenvalue weighted by Crippen LogP contribution is 2.32. The van der Waals surface area contributed by atoms with E-state index in [1.807, 2.05) is 6.07 Å². The second-order valence-corrected chi connectivity index (χ2v) is 7.46. The zero-order chi connectivity index (χ0) is 17.3. The monoisotopic (exact) mass is 393 g/mol. The molecule has 0 radical (unpaired) electrons. The molecular formula is C17H20BrN3O3. The Morgan fingerprint density at radius 3 is 2.75 bits per heavy atom. The quantitative estimate of drug-likeness (QED) is 0.763. The van der Waals surface area contributed by atoms with Crippen LogP contribution in [0.25, 0.3) is 0 Å². The van der Waals surface area contributed by atoms with Crippen LogP contribution in [-0.2, 0) is 14.4 Å². The minimum Gasteiger partial charge on any atom is -0.368 e. The van der Waals surface area contributed by atoms with E-state index < -0.39 is 17.9 Å². The Kier molecular flexibility index (Phi) is 4.89. The SMILES string of the molecule is NC(=O)[C@@H](NC(=O)[C@H]1CC(=O)N(CC2CC2)C1)c1cccc(Br)c1. The molecule has 3 N–H and O–H groups in total. The van der Waals surface area contributed by atoms with Gasteiger partial charge in [-0.3, -0.25) is 14.4 Å². The summed E-state index contributed by atoms with van der Waals surface area (Å²) in [6, 6.07) is 6.18. The van der Waals surface area contributed by atoms with Crippen LogP contribution in [0.1, 0.15) is 30.9 Å². The number of carbonyl (C=O) groups excluding carboxylic acids is 3. The van der Waals surface area contributed by atoms with Crippen molar-refractivity contribution in [1.29, 1.82) is 0 Å². The fourth-order valence-corrected chi connectivity index (χ4v) is 3.42. The smallest absolute Gasteiger partial charge is 0.244 e. The lowest BCUT2D eigenvalue weighted by Gasteiger charge is -2.19. The highest BCUT2D eigenvalue weighted by Gasteiger charge is 2.38. The number of nitrogens with zero attached hydrogens (tertiary/aromatic N) is 1. The standard InChI is InChI=1S/C17H20BrN3O3/c18-13-3-1-2-11(6-13)15(16(19)23)20-17(24)12-7-14(22)21(9-12)8-10-4-5-10/h1-3,6,10,12,15H,4-5,7-9H2,(H2,19,23)(H,20,24)/t12-,15-/m0/s1. The molecule has 3 amide bonds. The van der Waals surface area contributed by atoms with E-state index in [9.17, 15) is 14.4 Å². The summed E-state index contributed by atoms with van der Waals surface area (Å²) in [5.41, 5.74) is 6.06. The third-order valence-corrected chi connectivity index (χ3v) is 5.01. The highest BCUT2D eigenvalue weighted by molar-refractivity contribution is 9.10. The van der Waals surface area contributed by atoms with Gasteiger partial charge < -0.3 is 16.0 Å². The zero-order valence-corrected chi connectivity index (χ0v) is 14.8. The first-order valence-electron chi connectivity index (χ1n) is 8.07.